The number of hydrogen-bond acceptors (Lipinski definition) is 8. The van der Waals surface area contributed by atoms with Gasteiger partial charge in [-0.15, -0.1) is 11.3 Å². The summed E-state index contributed by atoms with van der Waals surface area (Å²) in [6.45, 7) is 5.19. The Bertz CT molecular complexity index is 1470. The number of carboxylic acid groups (broad SMARTS) is 1. The lowest BCUT2D eigenvalue weighted by Gasteiger charge is -2.19. The Balaban J connectivity index is 1.89. The largest absolute Gasteiger partial charge is 0.480 e. The van der Waals surface area contributed by atoms with Crippen molar-refractivity contribution in [3.05, 3.63) is 75.2 Å². The van der Waals surface area contributed by atoms with Crippen molar-refractivity contribution in [2.75, 3.05) is 26.1 Å². The highest BCUT2D eigenvalue weighted by molar-refractivity contribution is 7.90. The predicted octanol–water partition coefficient (Wildman–Crippen LogP) is 5.25. The van der Waals surface area contributed by atoms with Crippen molar-refractivity contribution in [3.8, 4) is 11.1 Å². The number of hydrogen-bond donors (Lipinski definition) is 2. The number of carboxylic acids is 1. The molecule has 0 saturated heterocycles. The third-order valence-corrected chi connectivity index (χ3v) is 8.81. The molecule has 0 aliphatic carbocycles. The molecule has 0 aliphatic heterocycles. The van der Waals surface area contributed by atoms with Gasteiger partial charge in [0, 0.05) is 24.6 Å². The van der Waals surface area contributed by atoms with E-state index in [9.17, 15) is 23.1 Å². The van der Waals surface area contributed by atoms with Gasteiger partial charge in [-0.1, -0.05) is 50.1 Å². The number of thiazole rings is 1. The zero-order chi connectivity index (χ0) is 30.9. The van der Waals surface area contributed by atoms with Crippen LogP contribution in [0.3, 0.4) is 0 Å². The first-order valence-corrected chi connectivity index (χ1v) is 16.9. The van der Waals surface area contributed by atoms with Crippen LogP contribution in [0, 0.1) is 6.92 Å². The number of aliphatic carboxylic acids is 1. The molecule has 1 aromatic heterocycles. The van der Waals surface area contributed by atoms with E-state index < -0.39 is 27.8 Å². The molecule has 0 bridgehead atoms. The van der Waals surface area contributed by atoms with Crippen LogP contribution in [0.25, 0.3) is 11.1 Å². The van der Waals surface area contributed by atoms with Gasteiger partial charge in [-0.25, -0.2) is 18.2 Å². The van der Waals surface area contributed by atoms with E-state index >= 15 is 0 Å². The van der Waals surface area contributed by atoms with Crippen LogP contribution in [0.4, 0.5) is 0 Å². The number of sulfone groups is 1. The molecule has 11 heteroatoms. The normalized spacial score (nSPS) is 13.2. The van der Waals surface area contributed by atoms with E-state index in [1.807, 2.05) is 63.6 Å². The van der Waals surface area contributed by atoms with Crippen LogP contribution >= 0.6 is 11.3 Å². The summed E-state index contributed by atoms with van der Waals surface area (Å²) < 4.78 is 29.7. The van der Waals surface area contributed by atoms with Gasteiger partial charge in [-0.05, 0) is 68.2 Å². The minimum absolute atomic E-state index is 0.102. The second-order valence-electron chi connectivity index (χ2n) is 10.8. The Hall–Kier alpha value is -3.12. The molecule has 2 atom stereocenters. The maximum atomic E-state index is 13.4. The summed E-state index contributed by atoms with van der Waals surface area (Å²) in [7, 11) is 0.634. The van der Waals surface area contributed by atoms with Gasteiger partial charge in [0.25, 0.3) is 5.91 Å². The van der Waals surface area contributed by atoms with Crippen molar-refractivity contribution in [2.24, 2.45) is 0 Å². The fourth-order valence-corrected chi connectivity index (χ4v) is 6.30. The number of rotatable bonds is 16. The molecule has 0 saturated carbocycles. The average Bonchev–Trinajstić information content (AvgIpc) is 3.38. The molecule has 0 aliphatic rings. The number of carbonyl (C=O) groups excluding carboxylic acids is 1. The van der Waals surface area contributed by atoms with Crippen molar-refractivity contribution in [1.29, 1.82) is 0 Å². The van der Waals surface area contributed by atoms with E-state index in [1.54, 1.807) is 17.4 Å². The summed E-state index contributed by atoms with van der Waals surface area (Å²) in [5.74, 6) is -2.22. The summed E-state index contributed by atoms with van der Waals surface area (Å²) in [6, 6.07) is 11.7. The van der Waals surface area contributed by atoms with E-state index in [0.717, 1.165) is 58.6 Å². The number of unbranched alkanes of at least 4 members (excludes halogenated alkanes) is 1. The van der Waals surface area contributed by atoms with Gasteiger partial charge in [0.15, 0.2) is 0 Å². The summed E-state index contributed by atoms with van der Waals surface area (Å²) in [5, 5.41) is 13.2. The number of benzene rings is 2. The minimum Gasteiger partial charge on any atom is -0.480 e. The van der Waals surface area contributed by atoms with E-state index in [4.69, 9.17) is 4.74 Å². The van der Waals surface area contributed by atoms with E-state index in [-0.39, 0.29) is 18.3 Å². The fraction of sp³-hybridized carbons (Fsp3) is 0.452. The first-order chi connectivity index (χ1) is 19.9. The third-order valence-electron chi connectivity index (χ3n) is 6.76. The number of amides is 1. The SMILES string of the molecule is CCCC[C@H](OCc1ccc(C(=O)N[C@@H](CCS(C)(=O)=O)C(=O)O)c(-c2ccccc2C)c1)c1cnc(CN(C)C)s1. The second-order valence-corrected chi connectivity index (χ2v) is 14.2. The number of aryl methyl sites for hydroxylation is 1. The van der Waals surface area contributed by atoms with Crippen molar-refractivity contribution < 1.29 is 27.9 Å². The topological polar surface area (TPSA) is 126 Å². The molecule has 2 N–H and O–H groups in total. The quantitative estimate of drug-likeness (QED) is 0.224. The molecule has 2 aromatic carbocycles. The molecule has 1 heterocycles. The zero-order valence-corrected chi connectivity index (χ0v) is 26.6. The van der Waals surface area contributed by atoms with E-state index in [2.05, 4.69) is 22.1 Å². The highest BCUT2D eigenvalue weighted by atomic mass is 32.2. The van der Waals surface area contributed by atoms with Crippen molar-refractivity contribution in [3.63, 3.8) is 0 Å². The number of nitrogens with one attached hydrogen (secondary N) is 1. The van der Waals surface area contributed by atoms with Gasteiger partial charge < -0.3 is 20.1 Å². The fourth-order valence-electron chi connectivity index (χ4n) is 4.51. The molecule has 9 nitrogen and oxygen atoms in total. The summed E-state index contributed by atoms with van der Waals surface area (Å²) in [4.78, 5) is 32.9. The van der Waals surface area contributed by atoms with Gasteiger partial charge in [0.1, 0.15) is 20.9 Å². The smallest absolute Gasteiger partial charge is 0.326 e. The van der Waals surface area contributed by atoms with Crippen molar-refractivity contribution in [2.45, 2.75) is 64.8 Å². The number of aromatic nitrogens is 1. The average molecular weight is 616 g/mol. The highest BCUT2D eigenvalue weighted by Gasteiger charge is 2.24. The lowest BCUT2D eigenvalue weighted by Crippen LogP contribution is -2.42. The standard InChI is InChI=1S/C31H41N3O6S2/c1-6-7-12-27(28-18-32-29(41-28)19-34(3)4)40-20-22-13-14-24(25(17-22)23-11-9-8-10-21(23)2)30(35)33-26(31(36)37)15-16-42(5,38)39/h8-11,13-14,17-18,26-27H,6-7,12,15-16,19-20H2,1-5H3,(H,33,35)(H,36,37)/t26-,27-/m0/s1. The highest BCUT2D eigenvalue weighted by Crippen LogP contribution is 2.32. The molecule has 42 heavy (non-hydrogen) atoms. The summed E-state index contributed by atoms with van der Waals surface area (Å²) >= 11 is 1.66. The lowest BCUT2D eigenvalue weighted by molar-refractivity contribution is -0.139. The van der Waals surface area contributed by atoms with Crippen LogP contribution in [0.1, 0.15) is 70.1 Å². The minimum atomic E-state index is -3.39. The van der Waals surface area contributed by atoms with E-state index in [0.29, 0.717) is 17.7 Å². The van der Waals surface area contributed by atoms with Gasteiger partial charge >= 0.3 is 5.97 Å². The Labute approximate surface area is 252 Å². The van der Waals surface area contributed by atoms with Gasteiger partial charge in [0.2, 0.25) is 0 Å². The third kappa shape index (κ3) is 10.0. The molecule has 0 unspecified atom stereocenters. The lowest BCUT2D eigenvalue weighted by atomic mass is 9.93. The molecule has 1 amide bonds. The molecule has 3 rings (SSSR count). The number of carbonyl (C=O) groups is 2. The maximum absolute atomic E-state index is 13.4. The van der Waals surface area contributed by atoms with Crippen LogP contribution in [0.5, 0.6) is 0 Å². The van der Waals surface area contributed by atoms with Crippen LogP contribution in [-0.2, 0) is 32.5 Å². The van der Waals surface area contributed by atoms with Crippen LogP contribution in [-0.4, -0.2) is 67.4 Å². The monoisotopic (exact) mass is 615 g/mol. The number of ether oxygens (including phenoxy) is 1. The molecule has 228 valence electrons. The van der Waals surface area contributed by atoms with Crippen LogP contribution in [0.2, 0.25) is 0 Å². The van der Waals surface area contributed by atoms with Crippen LogP contribution in [0.15, 0.2) is 48.7 Å². The molecule has 3 aromatic rings. The van der Waals surface area contributed by atoms with Gasteiger partial charge in [-0.2, -0.15) is 0 Å². The van der Waals surface area contributed by atoms with E-state index in [1.165, 1.54) is 0 Å². The Morgan fingerprint density at radius 2 is 1.86 bits per heavy atom. The second kappa shape index (κ2) is 15.4. The Kier molecular flexibility index (Phi) is 12.2. The summed E-state index contributed by atoms with van der Waals surface area (Å²) in [5.41, 5.74) is 3.62. The van der Waals surface area contributed by atoms with Crippen molar-refractivity contribution >= 4 is 33.1 Å². The predicted molar refractivity (Wildman–Crippen MR) is 166 cm³/mol. The number of nitrogens with zero attached hydrogens (tertiary/aromatic N) is 2. The molecule has 0 fully saturated rings. The Morgan fingerprint density at radius 1 is 1.12 bits per heavy atom. The molecular weight excluding hydrogens is 574 g/mol. The first kappa shape index (κ1) is 33.4. The van der Waals surface area contributed by atoms with Crippen LogP contribution < -0.4 is 5.32 Å². The van der Waals surface area contributed by atoms with Gasteiger partial charge in [-0.3, -0.25) is 4.79 Å². The zero-order valence-electron chi connectivity index (χ0n) is 24.9. The Morgan fingerprint density at radius 3 is 2.50 bits per heavy atom. The molecular formula is C31H41N3O6S2. The summed E-state index contributed by atoms with van der Waals surface area (Å²) in [6.07, 6.45) is 5.55. The molecule has 0 radical (unpaired) electrons. The van der Waals surface area contributed by atoms with Gasteiger partial charge in [0.05, 0.1) is 23.3 Å². The maximum Gasteiger partial charge on any atom is 0.326 e. The molecule has 0 spiro atoms. The first-order valence-electron chi connectivity index (χ1n) is 14.0. The van der Waals surface area contributed by atoms with Crippen molar-refractivity contribution in [1.82, 2.24) is 15.2 Å².